The summed E-state index contributed by atoms with van der Waals surface area (Å²) in [5.74, 6) is 0.121. The summed E-state index contributed by atoms with van der Waals surface area (Å²) >= 11 is 0. The molecule has 0 aliphatic carbocycles. The summed E-state index contributed by atoms with van der Waals surface area (Å²) in [4.78, 5) is 17.5. The fourth-order valence-electron chi connectivity index (χ4n) is 1.81. The van der Waals surface area contributed by atoms with Crippen LogP contribution < -0.4 is 10.6 Å². The Labute approximate surface area is 143 Å². The van der Waals surface area contributed by atoms with Crippen molar-refractivity contribution in [3.8, 4) is 0 Å². The van der Waals surface area contributed by atoms with Crippen molar-refractivity contribution in [2.45, 2.75) is 19.9 Å². The molecule has 1 rings (SSSR count). The van der Waals surface area contributed by atoms with Crippen LogP contribution in [0.2, 0.25) is 0 Å². The lowest BCUT2D eigenvalue weighted by Gasteiger charge is -2.15. The van der Waals surface area contributed by atoms with E-state index in [1.54, 1.807) is 32.3 Å². The van der Waals surface area contributed by atoms with E-state index in [4.69, 9.17) is 4.74 Å². The molecule has 0 saturated heterocycles. The summed E-state index contributed by atoms with van der Waals surface area (Å²) in [7, 11) is 3.38. The van der Waals surface area contributed by atoms with Crippen molar-refractivity contribution >= 4 is 11.9 Å². The molecule has 7 heteroatoms. The third kappa shape index (κ3) is 7.92. The minimum Gasteiger partial charge on any atom is -0.382 e. The number of benzene rings is 1. The normalized spacial score (nSPS) is 11.2. The van der Waals surface area contributed by atoms with E-state index in [1.807, 2.05) is 6.92 Å². The van der Waals surface area contributed by atoms with Crippen LogP contribution in [0.1, 0.15) is 18.9 Å². The van der Waals surface area contributed by atoms with Gasteiger partial charge in [0.15, 0.2) is 5.96 Å². The van der Waals surface area contributed by atoms with Crippen LogP contribution in [-0.4, -0.2) is 57.2 Å². The van der Waals surface area contributed by atoms with Gasteiger partial charge in [0.05, 0.1) is 13.1 Å². The van der Waals surface area contributed by atoms with Gasteiger partial charge in [0.25, 0.3) is 0 Å². The monoisotopic (exact) mass is 338 g/mol. The number of halogens is 1. The number of hydrogen-bond donors (Lipinski definition) is 2. The number of aliphatic imine (C=N–C) groups is 1. The smallest absolute Gasteiger partial charge is 0.241 e. The topological polar surface area (TPSA) is 66.0 Å². The van der Waals surface area contributed by atoms with Gasteiger partial charge in [-0.05, 0) is 19.4 Å². The van der Waals surface area contributed by atoms with Crippen molar-refractivity contribution in [3.05, 3.63) is 35.6 Å². The maximum absolute atomic E-state index is 13.7. The van der Waals surface area contributed by atoms with Gasteiger partial charge >= 0.3 is 0 Å². The van der Waals surface area contributed by atoms with E-state index in [9.17, 15) is 9.18 Å². The first-order valence-corrected chi connectivity index (χ1v) is 8.08. The number of nitrogens with one attached hydrogen (secondary N) is 2. The quantitative estimate of drug-likeness (QED) is 0.406. The fraction of sp³-hybridized carbons (Fsp3) is 0.529. The summed E-state index contributed by atoms with van der Waals surface area (Å²) in [6.45, 7) is 4.26. The van der Waals surface area contributed by atoms with Crippen molar-refractivity contribution in [2.24, 2.45) is 4.99 Å². The summed E-state index contributed by atoms with van der Waals surface area (Å²) in [6.07, 6.45) is 0.815. The summed E-state index contributed by atoms with van der Waals surface area (Å²) in [6, 6.07) is 6.51. The Bertz CT molecular complexity index is 535. The molecule has 0 spiro atoms. The molecule has 0 aliphatic rings. The first-order chi connectivity index (χ1) is 11.5. The number of hydrogen-bond acceptors (Lipinski definition) is 3. The number of guanidine groups is 1. The average molecular weight is 338 g/mol. The third-order valence-electron chi connectivity index (χ3n) is 3.23. The number of nitrogens with zero attached hydrogens (tertiary/aromatic N) is 2. The van der Waals surface area contributed by atoms with Crippen LogP contribution >= 0.6 is 0 Å². The van der Waals surface area contributed by atoms with E-state index < -0.39 is 0 Å². The molecule has 1 amide bonds. The molecule has 0 fully saturated rings. The average Bonchev–Trinajstić information content (AvgIpc) is 2.57. The van der Waals surface area contributed by atoms with Gasteiger partial charge in [0.2, 0.25) is 5.91 Å². The Morgan fingerprint density at radius 2 is 2.04 bits per heavy atom. The number of amides is 1. The van der Waals surface area contributed by atoms with Gasteiger partial charge in [-0.15, -0.1) is 0 Å². The number of carbonyl (C=O) groups excluding carboxylic acids is 1. The van der Waals surface area contributed by atoms with E-state index >= 15 is 0 Å². The van der Waals surface area contributed by atoms with Gasteiger partial charge in [-0.2, -0.15) is 0 Å². The highest BCUT2D eigenvalue weighted by molar-refractivity contribution is 5.86. The molecule has 134 valence electrons. The number of rotatable bonds is 9. The predicted octanol–water partition coefficient (Wildman–Crippen LogP) is 1.38. The maximum Gasteiger partial charge on any atom is 0.241 e. The molecule has 0 aliphatic heterocycles. The van der Waals surface area contributed by atoms with Gasteiger partial charge in [-0.1, -0.05) is 18.2 Å². The first-order valence-electron chi connectivity index (χ1n) is 8.08. The highest BCUT2D eigenvalue weighted by Gasteiger charge is 2.06. The number of carbonyl (C=O) groups is 1. The molecule has 1 aromatic carbocycles. The minimum atomic E-state index is -0.290. The summed E-state index contributed by atoms with van der Waals surface area (Å²) in [5.41, 5.74) is 0.506. The molecule has 0 heterocycles. The van der Waals surface area contributed by atoms with Crippen LogP contribution in [0, 0.1) is 5.82 Å². The minimum absolute atomic E-state index is 0.0651. The largest absolute Gasteiger partial charge is 0.382 e. The Kier molecular flexibility index (Phi) is 9.45. The number of ether oxygens (including phenoxy) is 1. The van der Waals surface area contributed by atoms with Crippen LogP contribution in [-0.2, 0) is 16.1 Å². The fourth-order valence-corrected chi connectivity index (χ4v) is 1.81. The second-order valence-corrected chi connectivity index (χ2v) is 5.38. The van der Waals surface area contributed by atoms with E-state index in [2.05, 4.69) is 15.6 Å². The van der Waals surface area contributed by atoms with Gasteiger partial charge < -0.3 is 20.3 Å². The Hall–Kier alpha value is -2.15. The zero-order valence-electron chi connectivity index (χ0n) is 14.6. The van der Waals surface area contributed by atoms with Crippen molar-refractivity contribution < 1.29 is 13.9 Å². The lowest BCUT2D eigenvalue weighted by molar-refractivity contribution is -0.127. The molecule has 0 atom stereocenters. The maximum atomic E-state index is 13.7. The SMILES string of the molecule is CCOCCCNC(=NCc1ccccc1F)NCC(=O)N(C)C. The highest BCUT2D eigenvalue weighted by atomic mass is 19.1. The van der Waals surface area contributed by atoms with E-state index in [0.717, 1.165) is 6.42 Å². The second kappa shape index (κ2) is 11.4. The van der Waals surface area contributed by atoms with Crippen LogP contribution in [0.4, 0.5) is 4.39 Å². The Balaban J connectivity index is 2.59. The summed E-state index contributed by atoms with van der Waals surface area (Å²) < 4.78 is 18.9. The van der Waals surface area contributed by atoms with Crippen molar-refractivity contribution in [2.75, 3.05) is 40.4 Å². The molecular weight excluding hydrogens is 311 g/mol. The molecule has 0 unspecified atom stereocenters. The van der Waals surface area contributed by atoms with E-state index in [1.165, 1.54) is 11.0 Å². The zero-order chi connectivity index (χ0) is 17.8. The van der Waals surface area contributed by atoms with E-state index in [-0.39, 0.29) is 24.8 Å². The van der Waals surface area contributed by atoms with Crippen molar-refractivity contribution in [3.63, 3.8) is 0 Å². The highest BCUT2D eigenvalue weighted by Crippen LogP contribution is 2.07. The summed E-state index contributed by atoms with van der Waals surface area (Å²) in [5, 5.41) is 6.09. The van der Waals surface area contributed by atoms with Crippen LogP contribution in [0.3, 0.4) is 0 Å². The van der Waals surface area contributed by atoms with Gasteiger partial charge in [-0.25, -0.2) is 9.38 Å². The molecule has 0 saturated carbocycles. The Morgan fingerprint density at radius 1 is 1.29 bits per heavy atom. The second-order valence-electron chi connectivity index (χ2n) is 5.38. The lowest BCUT2D eigenvalue weighted by Crippen LogP contribution is -2.43. The molecule has 6 nitrogen and oxygen atoms in total. The van der Waals surface area contributed by atoms with Crippen LogP contribution in [0.5, 0.6) is 0 Å². The van der Waals surface area contributed by atoms with Gasteiger partial charge in [0.1, 0.15) is 5.82 Å². The zero-order valence-corrected chi connectivity index (χ0v) is 14.6. The van der Waals surface area contributed by atoms with Crippen molar-refractivity contribution in [1.29, 1.82) is 0 Å². The first kappa shape index (κ1) is 19.9. The van der Waals surface area contributed by atoms with Gasteiger partial charge in [0, 0.05) is 39.4 Å². The standard InChI is InChI=1S/C17H27FN4O2/c1-4-24-11-7-10-19-17(21-13-16(23)22(2)3)20-12-14-8-5-6-9-15(14)18/h5-6,8-9H,4,7,10-13H2,1-3H3,(H2,19,20,21). The molecule has 2 N–H and O–H groups in total. The van der Waals surface area contributed by atoms with Crippen LogP contribution in [0.15, 0.2) is 29.3 Å². The molecule has 24 heavy (non-hydrogen) atoms. The van der Waals surface area contributed by atoms with Gasteiger partial charge in [-0.3, -0.25) is 4.79 Å². The Morgan fingerprint density at radius 3 is 2.71 bits per heavy atom. The number of likely N-dealkylation sites (N-methyl/N-ethyl adjacent to an activating group) is 1. The molecule has 1 aromatic rings. The molecular formula is C17H27FN4O2. The molecule has 0 radical (unpaired) electrons. The molecule has 0 aromatic heterocycles. The van der Waals surface area contributed by atoms with Crippen LogP contribution in [0.25, 0.3) is 0 Å². The third-order valence-corrected chi connectivity index (χ3v) is 3.23. The predicted molar refractivity (Wildman–Crippen MR) is 93.3 cm³/mol. The lowest BCUT2D eigenvalue weighted by atomic mass is 10.2. The van der Waals surface area contributed by atoms with Crippen molar-refractivity contribution in [1.82, 2.24) is 15.5 Å². The molecule has 0 bridgehead atoms. The van der Waals surface area contributed by atoms with E-state index in [0.29, 0.717) is 31.3 Å².